The summed E-state index contributed by atoms with van der Waals surface area (Å²) in [6.45, 7) is 0. The monoisotopic (exact) mass is 260 g/mol. The molecule has 0 aliphatic heterocycles. The topological polar surface area (TPSA) is 22.4 Å². The van der Waals surface area contributed by atoms with Gasteiger partial charge in [0.15, 0.2) is 0 Å². The lowest BCUT2D eigenvalue weighted by molar-refractivity contribution is -0.141. The highest BCUT2D eigenvalue weighted by atomic mass is 19.4. The smallest absolute Gasteiger partial charge is 0.422 e. The molecule has 0 saturated heterocycles. The maximum atomic E-state index is 13.1. The molecule has 0 unspecified atom stereocenters. The minimum absolute atomic E-state index is 0.225. The summed E-state index contributed by atoms with van der Waals surface area (Å²) in [6.07, 6.45) is -4.78. The van der Waals surface area contributed by atoms with Gasteiger partial charge in [-0.05, 0) is 12.1 Å². The number of alkyl halides is 3. The van der Waals surface area contributed by atoms with Gasteiger partial charge in [0.2, 0.25) is 0 Å². The van der Waals surface area contributed by atoms with E-state index in [0.717, 1.165) is 0 Å². The fourth-order valence-corrected chi connectivity index (χ4v) is 1.54. The molecule has 0 aliphatic rings. The van der Waals surface area contributed by atoms with Crippen LogP contribution in [0, 0.1) is 6.01 Å². The minimum atomic E-state index is -4.78. The fraction of sp³-hybridized carbons (Fsp3) is 0.167. The third kappa shape index (κ3) is 2.18. The normalized spacial score (nSPS) is 11.6. The molecule has 2 aromatic rings. The molecule has 0 atom stereocenters. The molecule has 18 heavy (non-hydrogen) atoms. The van der Waals surface area contributed by atoms with E-state index in [4.69, 9.17) is 4.74 Å². The van der Waals surface area contributed by atoms with Gasteiger partial charge in [0.05, 0.1) is 12.7 Å². The summed E-state index contributed by atoms with van der Waals surface area (Å²) in [6, 6.07) is 5.23. The predicted molar refractivity (Wildman–Crippen MR) is 55.7 cm³/mol. The second kappa shape index (κ2) is 4.36. The van der Waals surface area contributed by atoms with E-state index in [-0.39, 0.29) is 11.3 Å². The van der Waals surface area contributed by atoms with Gasteiger partial charge in [0.1, 0.15) is 17.1 Å². The molecule has 2 nitrogen and oxygen atoms in total. The zero-order chi connectivity index (χ0) is 13.3. The summed E-state index contributed by atoms with van der Waals surface area (Å²) in [7, 11) is 1.36. The molecule has 0 fully saturated rings. The summed E-state index contributed by atoms with van der Waals surface area (Å²) < 4.78 is 59.9. The molecule has 0 radical (unpaired) electrons. The summed E-state index contributed by atoms with van der Waals surface area (Å²) in [5.41, 5.74) is -1.17. The van der Waals surface area contributed by atoms with Crippen molar-refractivity contribution in [3.63, 3.8) is 0 Å². The lowest BCUT2D eigenvalue weighted by atomic mass is 10.1. The fourth-order valence-electron chi connectivity index (χ4n) is 1.54. The van der Waals surface area contributed by atoms with Crippen molar-refractivity contribution in [3.05, 3.63) is 41.9 Å². The van der Waals surface area contributed by atoms with E-state index in [1.54, 1.807) is 18.2 Å². The summed E-state index contributed by atoms with van der Waals surface area (Å²) in [5.74, 6) is 0.0808. The van der Waals surface area contributed by atoms with Crippen LogP contribution in [-0.2, 0) is 6.18 Å². The van der Waals surface area contributed by atoms with Crippen molar-refractivity contribution in [2.24, 2.45) is 0 Å². The van der Waals surface area contributed by atoms with Crippen molar-refractivity contribution in [2.75, 3.05) is 7.11 Å². The zero-order valence-corrected chi connectivity index (χ0v) is 9.22. The van der Waals surface area contributed by atoms with Crippen LogP contribution in [0.1, 0.15) is 5.56 Å². The van der Waals surface area contributed by atoms with Gasteiger partial charge in [-0.15, -0.1) is 0 Å². The molecule has 96 valence electrons. The highest BCUT2D eigenvalue weighted by molar-refractivity contribution is 5.66. The Morgan fingerprint density at radius 2 is 1.83 bits per heavy atom. The van der Waals surface area contributed by atoms with Crippen molar-refractivity contribution in [1.29, 1.82) is 0 Å². The Hall–Kier alpha value is -1.98. The number of benzene rings is 1. The molecule has 0 amide bonds. The molecule has 0 spiro atoms. The largest absolute Gasteiger partial charge is 0.496 e. The summed E-state index contributed by atoms with van der Waals surface area (Å²) in [4.78, 5) is 0. The van der Waals surface area contributed by atoms with Crippen molar-refractivity contribution >= 4 is 0 Å². The van der Waals surface area contributed by atoms with Gasteiger partial charge in [-0.25, -0.2) is 0 Å². The Bertz CT molecular complexity index is 557. The van der Waals surface area contributed by atoms with Crippen LogP contribution in [0.25, 0.3) is 11.3 Å². The zero-order valence-electron chi connectivity index (χ0n) is 9.22. The number of ether oxygens (including phenoxy) is 1. The molecule has 0 N–H and O–H groups in total. The maximum absolute atomic E-state index is 13.1. The van der Waals surface area contributed by atoms with Crippen molar-refractivity contribution in [1.82, 2.24) is 0 Å². The predicted octanol–water partition coefficient (Wildman–Crippen LogP) is 4.11. The van der Waals surface area contributed by atoms with E-state index < -0.39 is 17.8 Å². The first kappa shape index (κ1) is 12.5. The number of furan rings is 1. The van der Waals surface area contributed by atoms with E-state index in [1.165, 1.54) is 13.2 Å². The van der Waals surface area contributed by atoms with Gasteiger partial charge in [0.25, 0.3) is 6.01 Å². The van der Waals surface area contributed by atoms with E-state index in [1.807, 2.05) is 0 Å². The van der Waals surface area contributed by atoms with Gasteiger partial charge < -0.3 is 9.15 Å². The van der Waals surface area contributed by atoms with Crippen molar-refractivity contribution < 1.29 is 26.7 Å². The number of hydrogen-bond donors (Lipinski definition) is 0. The maximum Gasteiger partial charge on any atom is 0.422 e. The molecular formula is C12H8F4O2. The lowest BCUT2D eigenvalue weighted by Gasteiger charge is -2.04. The van der Waals surface area contributed by atoms with Crippen LogP contribution < -0.4 is 4.74 Å². The van der Waals surface area contributed by atoms with Crippen LogP contribution in [0.5, 0.6) is 5.75 Å². The Balaban J connectivity index is 2.53. The molecule has 1 aromatic heterocycles. The van der Waals surface area contributed by atoms with Crippen LogP contribution in [0.2, 0.25) is 0 Å². The molecule has 6 heteroatoms. The summed E-state index contributed by atoms with van der Waals surface area (Å²) in [5, 5.41) is 0. The van der Waals surface area contributed by atoms with E-state index in [2.05, 4.69) is 4.42 Å². The van der Waals surface area contributed by atoms with Gasteiger partial charge in [-0.1, -0.05) is 12.1 Å². The number of para-hydroxylation sites is 1. The number of methoxy groups -OCH3 is 1. The van der Waals surface area contributed by atoms with E-state index in [9.17, 15) is 17.6 Å². The molecular weight excluding hydrogens is 252 g/mol. The second-order valence-electron chi connectivity index (χ2n) is 3.50. The molecule has 2 rings (SSSR count). The highest BCUT2D eigenvalue weighted by Crippen LogP contribution is 2.38. The van der Waals surface area contributed by atoms with E-state index in [0.29, 0.717) is 11.8 Å². The average Bonchev–Trinajstić information content (AvgIpc) is 2.71. The minimum Gasteiger partial charge on any atom is -0.496 e. The van der Waals surface area contributed by atoms with Crippen LogP contribution in [0.4, 0.5) is 17.6 Å². The number of halogens is 4. The van der Waals surface area contributed by atoms with E-state index >= 15 is 0 Å². The quantitative estimate of drug-likeness (QED) is 0.758. The molecule has 0 saturated carbocycles. The first-order valence-corrected chi connectivity index (χ1v) is 4.93. The lowest BCUT2D eigenvalue weighted by Crippen LogP contribution is -2.04. The number of hydrogen-bond acceptors (Lipinski definition) is 2. The SMILES string of the molecule is COc1ccccc1-c1cc(C(F)(F)F)c(F)o1. The Labute approximate surface area is 99.8 Å². The third-order valence-corrected chi connectivity index (χ3v) is 2.36. The van der Waals surface area contributed by atoms with Crippen molar-refractivity contribution in [2.45, 2.75) is 6.18 Å². The average molecular weight is 260 g/mol. The van der Waals surface area contributed by atoms with Gasteiger partial charge in [-0.2, -0.15) is 17.6 Å². The number of rotatable bonds is 2. The molecule has 1 aromatic carbocycles. The Morgan fingerprint density at radius 1 is 1.17 bits per heavy atom. The van der Waals surface area contributed by atoms with Crippen LogP contribution >= 0.6 is 0 Å². The standard InChI is InChI=1S/C12H8F4O2/c1-17-9-5-3-2-4-7(9)10-6-8(11(13)18-10)12(14,15)16/h2-6H,1H3. The van der Waals surface area contributed by atoms with Crippen LogP contribution in [0.15, 0.2) is 34.7 Å². The molecule has 1 heterocycles. The third-order valence-electron chi connectivity index (χ3n) is 2.36. The summed E-state index contributed by atoms with van der Waals surface area (Å²) >= 11 is 0. The molecule has 0 bridgehead atoms. The highest BCUT2D eigenvalue weighted by Gasteiger charge is 2.37. The Kier molecular flexibility index (Phi) is 3.02. The van der Waals surface area contributed by atoms with Gasteiger partial charge in [-0.3, -0.25) is 0 Å². The van der Waals surface area contributed by atoms with Gasteiger partial charge >= 0.3 is 6.18 Å². The van der Waals surface area contributed by atoms with Gasteiger partial charge in [0, 0.05) is 6.07 Å². The first-order valence-electron chi connectivity index (χ1n) is 4.93. The van der Waals surface area contributed by atoms with Crippen LogP contribution in [-0.4, -0.2) is 7.11 Å². The molecule has 0 aliphatic carbocycles. The first-order chi connectivity index (χ1) is 8.43. The van der Waals surface area contributed by atoms with Crippen molar-refractivity contribution in [3.8, 4) is 17.1 Å². The Morgan fingerprint density at radius 3 is 2.39 bits per heavy atom. The van der Waals surface area contributed by atoms with Crippen LogP contribution in [0.3, 0.4) is 0 Å². The second-order valence-corrected chi connectivity index (χ2v) is 3.50.